The van der Waals surface area contributed by atoms with Gasteiger partial charge in [-0.3, -0.25) is 4.79 Å². The fourth-order valence-electron chi connectivity index (χ4n) is 4.18. The summed E-state index contributed by atoms with van der Waals surface area (Å²) in [6.07, 6.45) is 0.994. The molecule has 0 aliphatic carbocycles. The first-order valence-corrected chi connectivity index (χ1v) is 9.54. The minimum Gasteiger partial charge on any atom is -0.335 e. The molecule has 3 aromatic rings. The van der Waals surface area contributed by atoms with Crippen molar-refractivity contribution >= 4 is 5.91 Å². The third-order valence-corrected chi connectivity index (χ3v) is 5.55. The Labute approximate surface area is 162 Å². The zero-order valence-electron chi connectivity index (χ0n) is 15.4. The Kier molecular flexibility index (Phi) is 4.09. The highest BCUT2D eigenvalue weighted by molar-refractivity contribution is 5.77. The highest BCUT2D eigenvalue weighted by atomic mass is 16.2. The average molecular weight is 375 g/mol. The third kappa shape index (κ3) is 2.84. The van der Waals surface area contributed by atoms with E-state index in [9.17, 15) is 9.59 Å². The van der Waals surface area contributed by atoms with E-state index in [0.717, 1.165) is 24.2 Å². The van der Waals surface area contributed by atoms with Crippen LogP contribution in [0.3, 0.4) is 0 Å². The molecule has 0 radical (unpaired) electrons. The SMILES string of the molecule is O=C(Cn1nc(-c2ccccc2)n(-c2ccccc2)c1=O)N1CC2CC1CN2. The molecule has 2 aliphatic heterocycles. The maximum atomic E-state index is 13.2. The lowest BCUT2D eigenvalue weighted by molar-refractivity contribution is -0.133. The van der Waals surface area contributed by atoms with Crippen LogP contribution in [-0.4, -0.2) is 50.3 Å². The fourth-order valence-corrected chi connectivity index (χ4v) is 4.18. The maximum Gasteiger partial charge on any atom is 0.351 e. The molecule has 1 N–H and O–H groups in total. The molecule has 2 aliphatic rings. The summed E-state index contributed by atoms with van der Waals surface area (Å²) in [7, 11) is 0. The van der Waals surface area contributed by atoms with Crippen LogP contribution in [0.4, 0.5) is 0 Å². The molecule has 3 heterocycles. The van der Waals surface area contributed by atoms with Crippen LogP contribution in [0.25, 0.3) is 17.1 Å². The number of amides is 1. The minimum atomic E-state index is -0.305. The summed E-state index contributed by atoms with van der Waals surface area (Å²) in [5.41, 5.74) is 1.26. The number of hydrogen-bond acceptors (Lipinski definition) is 4. The van der Waals surface area contributed by atoms with Crippen molar-refractivity contribution in [2.24, 2.45) is 0 Å². The van der Waals surface area contributed by atoms with E-state index in [1.807, 2.05) is 65.6 Å². The number of para-hydroxylation sites is 1. The largest absolute Gasteiger partial charge is 0.351 e. The van der Waals surface area contributed by atoms with E-state index in [2.05, 4.69) is 10.4 Å². The van der Waals surface area contributed by atoms with Gasteiger partial charge in [0, 0.05) is 30.7 Å². The Bertz CT molecular complexity index is 1060. The highest BCUT2D eigenvalue weighted by Crippen LogP contribution is 2.24. The normalized spacial score (nSPS) is 20.6. The van der Waals surface area contributed by atoms with Gasteiger partial charge in [-0.25, -0.2) is 14.0 Å². The molecule has 2 atom stereocenters. The second kappa shape index (κ2) is 6.76. The predicted molar refractivity (Wildman–Crippen MR) is 105 cm³/mol. The first-order valence-electron chi connectivity index (χ1n) is 9.54. The van der Waals surface area contributed by atoms with Crippen molar-refractivity contribution in [3.8, 4) is 17.1 Å². The molecule has 2 unspecified atom stereocenters. The van der Waals surface area contributed by atoms with Crippen LogP contribution in [0.1, 0.15) is 6.42 Å². The second-order valence-corrected chi connectivity index (χ2v) is 7.34. The summed E-state index contributed by atoms with van der Waals surface area (Å²) in [6.45, 7) is 1.50. The van der Waals surface area contributed by atoms with Gasteiger partial charge in [-0.05, 0) is 18.6 Å². The molecular formula is C21H21N5O2. The molecule has 142 valence electrons. The number of likely N-dealkylation sites (tertiary alicyclic amines) is 1. The molecule has 7 heteroatoms. The number of rotatable bonds is 4. The van der Waals surface area contributed by atoms with Crippen molar-refractivity contribution in [2.75, 3.05) is 13.1 Å². The molecule has 5 rings (SSSR count). The minimum absolute atomic E-state index is 0.0400. The first kappa shape index (κ1) is 16.9. The van der Waals surface area contributed by atoms with Gasteiger partial charge in [-0.1, -0.05) is 48.5 Å². The summed E-state index contributed by atoms with van der Waals surface area (Å²) >= 11 is 0. The van der Waals surface area contributed by atoms with Crippen molar-refractivity contribution < 1.29 is 4.79 Å². The average Bonchev–Trinajstić information content (AvgIpc) is 3.45. The number of aromatic nitrogens is 3. The van der Waals surface area contributed by atoms with E-state index in [1.54, 1.807) is 4.57 Å². The quantitative estimate of drug-likeness (QED) is 0.746. The van der Waals surface area contributed by atoms with Crippen LogP contribution in [-0.2, 0) is 11.3 Å². The fraction of sp³-hybridized carbons (Fsp3) is 0.286. The summed E-state index contributed by atoms with van der Waals surface area (Å²) in [5.74, 6) is 0.489. The van der Waals surface area contributed by atoms with Crippen molar-refractivity contribution in [1.82, 2.24) is 24.6 Å². The van der Waals surface area contributed by atoms with Gasteiger partial charge in [0.15, 0.2) is 5.82 Å². The topological polar surface area (TPSA) is 72.2 Å². The molecule has 2 bridgehead atoms. The van der Waals surface area contributed by atoms with Gasteiger partial charge >= 0.3 is 5.69 Å². The third-order valence-electron chi connectivity index (χ3n) is 5.55. The van der Waals surface area contributed by atoms with E-state index < -0.39 is 0 Å². The van der Waals surface area contributed by atoms with Crippen molar-refractivity contribution in [2.45, 2.75) is 25.0 Å². The van der Waals surface area contributed by atoms with Crippen LogP contribution in [0.5, 0.6) is 0 Å². The Balaban J connectivity index is 1.53. The molecule has 2 saturated heterocycles. The van der Waals surface area contributed by atoms with Gasteiger partial charge in [-0.15, -0.1) is 5.10 Å². The molecule has 7 nitrogen and oxygen atoms in total. The zero-order chi connectivity index (χ0) is 19.1. The predicted octanol–water partition coefficient (Wildman–Crippen LogP) is 1.27. The Morgan fingerprint density at radius 1 is 1.07 bits per heavy atom. The lowest BCUT2D eigenvalue weighted by Crippen LogP contribution is -2.48. The molecule has 1 aromatic heterocycles. The van der Waals surface area contributed by atoms with Gasteiger partial charge in [0.05, 0.1) is 5.69 Å². The Morgan fingerprint density at radius 3 is 2.43 bits per heavy atom. The van der Waals surface area contributed by atoms with E-state index in [0.29, 0.717) is 18.4 Å². The van der Waals surface area contributed by atoms with Gasteiger partial charge in [0.2, 0.25) is 5.91 Å². The summed E-state index contributed by atoms with van der Waals surface area (Å²) in [4.78, 5) is 27.9. The van der Waals surface area contributed by atoms with Gasteiger partial charge in [-0.2, -0.15) is 0 Å². The molecule has 1 amide bonds. The maximum absolute atomic E-state index is 13.2. The van der Waals surface area contributed by atoms with Crippen molar-refractivity contribution in [1.29, 1.82) is 0 Å². The summed E-state index contributed by atoms with van der Waals surface area (Å²) < 4.78 is 2.86. The van der Waals surface area contributed by atoms with Gasteiger partial charge in [0.1, 0.15) is 6.54 Å². The molecule has 0 saturated carbocycles. The number of fused-ring (bicyclic) bond motifs is 2. The Morgan fingerprint density at radius 2 is 1.79 bits per heavy atom. The van der Waals surface area contributed by atoms with Crippen molar-refractivity contribution in [3.63, 3.8) is 0 Å². The number of nitrogens with one attached hydrogen (secondary N) is 1. The van der Waals surface area contributed by atoms with E-state index in [1.165, 1.54) is 4.68 Å². The molecule has 2 fully saturated rings. The van der Waals surface area contributed by atoms with Crippen LogP contribution in [0.15, 0.2) is 65.5 Å². The van der Waals surface area contributed by atoms with Crippen LogP contribution in [0.2, 0.25) is 0 Å². The molecule has 2 aromatic carbocycles. The second-order valence-electron chi connectivity index (χ2n) is 7.34. The van der Waals surface area contributed by atoms with E-state index in [4.69, 9.17) is 0 Å². The number of benzene rings is 2. The van der Waals surface area contributed by atoms with E-state index in [-0.39, 0.29) is 24.2 Å². The van der Waals surface area contributed by atoms with Crippen molar-refractivity contribution in [3.05, 3.63) is 71.1 Å². The number of nitrogens with zero attached hydrogens (tertiary/aromatic N) is 4. The molecule has 0 spiro atoms. The van der Waals surface area contributed by atoms with E-state index >= 15 is 0 Å². The number of carbonyl (C=O) groups excluding carboxylic acids is 1. The first-order chi connectivity index (χ1) is 13.7. The van der Waals surface area contributed by atoms with Crippen LogP contribution in [0, 0.1) is 0 Å². The molecular weight excluding hydrogens is 354 g/mol. The van der Waals surface area contributed by atoms with Gasteiger partial charge < -0.3 is 10.2 Å². The Hall–Kier alpha value is -3.19. The summed E-state index contributed by atoms with van der Waals surface area (Å²) in [6, 6.07) is 19.6. The molecule has 28 heavy (non-hydrogen) atoms. The van der Waals surface area contributed by atoms with Gasteiger partial charge in [0.25, 0.3) is 0 Å². The summed E-state index contributed by atoms with van der Waals surface area (Å²) in [5, 5.41) is 7.92. The highest BCUT2D eigenvalue weighted by Gasteiger charge is 2.40. The lowest BCUT2D eigenvalue weighted by atomic mass is 10.2. The monoisotopic (exact) mass is 375 g/mol. The number of carbonyl (C=O) groups is 1. The zero-order valence-corrected chi connectivity index (χ0v) is 15.4. The van der Waals surface area contributed by atoms with Crippen LogP contribution < -0.4 is 11.0 Å². The number of piperazine rings is 1. The number of hydrogen-bond donors (Lipinski definition) is 1. The van der Waals surface area contributed by atoms with Crippen LogP contribution >= 0.6 is 0 Å². The smallest absolute Gasteiger partial charge is 0.335 e. The lowest BCUT2D eigenvalue weighted by Gasteiger charge is -2.27. The standard InChI is InChI=1S/C21H21N5O2/c27-19(24-13-16-11-18(24)12-22-16)14-25-21(28)26(17-9-5-2-6-10-17)20(23-25)15-7-3-1-4-8-15/h1-10,16,18,22H,11-14H2.